The monoisotopic (exact) mass is 454 g/mol. The molecule has 158 valence electrons. The van der Waals surface area contributed by atoms with Crippen molar-refractivity contribution in [2.24, 2.45) is 0 Å². The topological polar surface area (TPSA) is 109 Å². The maximum absolute atomic E-state index is 13.8. The molecule has 2 heterocycles. The van der Waals surface area contributed by atoms with Gasteiger partial charge in [-0.1, -0.05) is 23.2 Å². The summed E-state index contributed by atoms with van der Waals surface area (Å²) in [7, 11) is 0. The molecule has 0 spiro atoms. The fourth-order valence-electron chi connectivity index (χ4n) is 2.73. The van der Waals surface area contributed by atoms with Crippen LogP contribution in [0.1, 0.15) is 28.9 Å². The Morgan fingerprint density at radius 2 is 2.20 bits per heavy atom. The van der Waals surface area contributed by atoms with E-state index in [1.807, 2.05) is 0 Å². The van der Waals surface area contributed by atoms with Gasteiger partial charge in [-0.15, -0.1) is 0 Å². The molecule has 0 fully saturated rings. The van der Waals surface area contributed by atoms with Gasteiger partial charge in [-0.05, 0) is 19.1 Å². The van der Waals surface area contributed by atoms with Crippen LogP contribution in [0.3, 0.4) is 0 Å². The molecule has 0 aliphatic heterocycles. The van der Waals surface area contributed by atoms with E-state index in [0.717, 1.165) is 6.07 Å². The fraction of sp³-hybridized carbons (Fsp3) is 0.211. The first-order valence-electron chi connectivity index (χ1n) is 8.77. The number of anilines is 1. The second-order valence-corrected chi connectivity index (χ2v) is 7.05. The number of aliphatic hydroxyl groups excluding tert-OH is 1. The zero-order valence-electron chi connectivity index (χ0n) is 15.7. The summed E-state index contributed by atoms with van der Waals surface area (Å²) in [5.41, 5.74) is -0.235. The number of hydrogen-bond acceptors (Lipinski definition) is 5. The quantitative estimate of drug-likeness (QED) is 0.474. The highest BCUT2D eigenvalue weighted by Gasteiger charge is 2.20. The number of ether oxygens (including phenoxy) is 1. The van der Waals surface area contributed by atoms with Gasteiger partial charge in [-0.3, -0.25) is 14.3 Å². The second kappa shape index (κ2) is 9.29. The number of halogens is 3. The van der Waals surface area contributed by atoms with Gasteiger partial charge in [0.1, 0.15) is 23.2 Å². The Kier molecular flexibility index (Phi) is 6.76. The van der Waals surface area contributed by atoms with Crippen molar-refractivity contribution in [3.8, 4) is 5.75 Å². The highest BCUT2D eigenvalue weighted by molar-refractivity contribution is 6.36. The third-order valence-electron chi connectivity index (χ3n) is 4.14. The van der Waals surface area contributed by atoms with Crippen molar-refractivity contribution in [3.63, 3.8) is 0 Å². The van der Waals surface area contributed by atoms with E-state index in [4.69, 9.17) is 33.0 Å². The third kappa shape index (κ3) is 4.81. The molecule has 3 N–H and O–H groups in total. The van der Waals surface area contributed by atoms with Crippen LogP contribution in [0.5, 0.6) is 5.75 Å². The first-order valence-corrected chi connectivity index (χ1v) is 9.53. The van der Waals surface area contributed by atoms with Gasteiger partial charge in [0.05, 0.1) is 30.1 Å². The molecule has 3 rings (SSSR count). The smallest absolute Gasteiger partial charge is 0.261 e. The van der Waals surface area contributed by atoms with E-state index in [1.54, 1.807) is 6.92 Å². The van der Waals surface area contributed by atoms with Crippen LogP contribution >= 0.6 is 23.2 Å². The molecule has 0 radical (unpaired) electrons. The predicted octanol–water partition coefficient (Wildman–Crippen LogP) is 3.40. The van der Waals surface area contributed by atoms with Crippen molar-refractivity contribution in [1.82, 2.24) is 14.8 Å². The van der Waals surface area contributed by atoms with Crippen LogP contribution in [-0.2, 0) is 6.54 Å². The molecule has 2 aromatic heterocycles. The van der Waals surface area contributed by atoms with Crippen LogP contribution in [0.25, 0.3) is 0 Å². The summed E-state index contributed by atoms with van der Waals surface area (Å²) in [6, 6.07) is 3.76. The minimum Gasteiger partial charge on any atom is -0.484 e. The molecule has 1 aromatic carbocycles. The molecule has 11 heteroatoms. The van der Waals surface area contributed by atoms with E-state index in [9.17, 15) is 14.0 Å². The minimum absolute atomic E-state index is 0.106. The van der Waals surface area contributed by atoms with Gasteiger partial charge in [0.15, 0.2) is 0 Å². The molecular formula is C19H17Cl2FN4O4. The summed E-state index contributed by atoms with van der Waals surface area (Å²) in [4.78, 5) is 27.0. The number of aromatic amines is 1. The maximum atomic E-state index is 13.8. The van der Waals surface area contributed by atoms with E-state index in [-0.39, 0.29) is 40.1 Å². The fourth-order valence-corrected chi connectivity index (χ4v) is 3.41. The maximum Gasteiger partial charge on any atom is 0.261 e. The standard InChI is InChI=1S/C19H17Cl2FN4O4/c1-10(16-14(20)2-3-15(22)17(16)21)30-12-6-13(18(28)23-8-12)19(29)25-11-7-24-26(9-11)4-5-27/h2-3,6-10,27H,4-5H2,1H3,(H,23,28)(H,25,29)/t10-/m1/s1. The number of pyridine rings is 1. The molecule has 8 nitrogen and oxygen atoms in total. The molecular weight excluding hydrogens is 438 g/mol. The number of benzene rings is 1. The highest BCUT2D eigenvalue weighted by Crippen LogP contribution is 2.34. The lowest BCUT2D eigenvalue weighted by atomic mass is 10.1. The lowest BCUT2D eigenvalue weighted by Gasteiger charge is -2.18. The number of nitrogens with zero attached hydrogens (tertiary/aromatic N) is 2. The predicted molar refractivity (Wildman–Crippen MR) is 110 cm³/mol. The molecule has 0 saturated carbocycles. The Bertz CT molecular complexity index is 1130. The van der Waals surface area contributed by atoms with Gasteiger partial charge in [-0.25, -0.2) is 4.39 Å². The first-order chi connectivity index (χ1) is 14.3. The molecule has 0 aliphatic rings. The first kappa shape index (κ1) is 21.8. The van der Waals surface area contributed by atoms with Crippen LogP contribution in [0, 0.1) is 5.82 Å². The average molecular weight is 455 g/mol. The van der Waals surface area contributed by atoms with Crippen molar-refractivity contribution in [3.05, 3.63) is 74.1 Å². The summed E-state index contributed by atoms with van der Waals surface area (Å²) in [6.07, 6.45) is 3.41. The molecule has 3 aromatic rings. The normalized spacial score (nSPS) is 11.9. The van der Waals surface area contributed by atoms with Crippen molar-refractivity contribution in [2.75, 3.05) is 11.9 Å². The molecule has 1 amide bonds. The van der Waals surface area contributed by atoms with Gasteiger partial charge in [-0.2, -0.15) is 5.10 Å². The van der Waals surface area contributed by atoms with Gasteiger partial charge in [0.2, 0.25) is 0 Å². The van der Waals surface area contributed by atoms with Crippen molar-refractivity contribution < 1.29 is 19.0 Å². The summed E-state index contributed by atoms with van der Waals surface area (Å²) < 4.78 is 20.9. The number of rotatable bonds is 7. The van der Waals surface area contributed by atoms with Crippen LogP contribution in [0.15, 0.2) is 41.6 Å². The van der Waals surface area contributed by atoms with Gasteiger partial charge in [0, 0.05) is 29.0 Å². The Morgan fingerprint density at radius 1 is 1.43 bits per heavy atom. The van der Waals surface area contributed by atoms with Crippen LogP contribution in [-0.4, -0.2) is 32.4 Å². The van der Waals surface area contributed by atoms with Crippen LogP contribution in [0.4, 0.5) is 10.1 Å². The Morgan fingerprint density at radius 3 is 2.93 bits per heavy atom. The molecule has 30 heavy (non-hydrogen) atoms. The van der Waals surface area contributed by atoms with Crippen molar-refractivity contribution in [2.45, 2.75) is 19.6 Å². The van der Waals surface area contributed by atoms with E-state index < -0.39 is 23.4 Å². The van der Waals surface area contributed by atoms with Crippen LogP contribution in [0.2, 0.25) is 10.0 Å². The summed E-state index contributed by atoms with van der Waals surface area (Å²) in [5, 5.41) is 15.5. The SMILES string of the molecule is C[C@@H](Oc1c[nH]c(=O)c(C(=O)Nc2cnn(CCO)c2)c1)c1c(Cl)ccc(F)c1Cl. The number of hydrogen-bond donors (Lipinski definition) is 3. The van der Waals surface area contributed by atoms with Crippen molar-refractivity contribution in [1.29, 1.82) is 0 Å². The van der Waals surface area contributed by atoms with Gasteiger partial charge in [0.25, 0.3) is 11.5 Å². The zero-order valence-corrected chi connectivity index (χ0v) is 17.2. The second-order valence-electron chi connectivity index (χ2n) is 6.26. The molecule has 0 saturated heterocycles. The van der Waals surface area contributed by atoms with E-state index >= 15 is 0 Å². The third-order valence-corrected chi connectivity index (χ3v) is 4.85. The minimum atomic E-state index is -0.765. The molecule has 0 aliphatic carbocycles. The summed E-state index contributed by atoms with van der Waals surface area (Å²) >= 11 is 12.1. The lowest BCUT2D eigenvalue weighted by molar-refractivity contribution is 0.102. The number of H-pyrrole nitrogens is 1. The number of aromatic nitrogens is 3. The number of carbonyl (C=O) groups is 1. The number of aliphatic hydroxyl groups is 1. The van der Waals surface area contributed by atoms with E-state index in [1.165, 1.54) is 35.4 Å². The molecule has 0 unspecified atom stereocenters. The summed E-state index contributed by atoms with van der Waals surface area (Å²) in [6.45, 7) is 1.77. The average Bonchev–Trinajstić information content (AvgIpc) is 3.13. The largest absolute Gasteiger partial charge is 0.484 e. The zero-order chi connectivity index (χ0) is 21.8. The van der Waals surface area contributed by atoms with E-state index in [0.29, 0.717) is 5.69 Å². The van der Waals surface area contributed by atoms with Gasteiger partial charge >= 0.3 is 0 Å². The van der Waals surface area contributed by atoms with Crippen molar-refractivity contribution >= 4 is 34.8 Å². The van der Waals surface area contributed by atoms with E-state index in [2.05, 4.69) is 15.4 Å². The Labute approximate surface area is 180 Å². The number of amides is 1. The highest BCUT2D eigenvalue weighted by atomic mass is 35.5. The Hall–Kier alpha value is -2.88. The van der Waals surface area contributed by atoms with Gasteiger partial charge < -0.3 is 20.1 Å². The number of nitrogens with one attached hydrogen (secondary N) is 2. The molecule has 0 bridgehead atoms. The Balaban J connectivity index is 1.80. The lowest BCUT2D eigenvalue weighted by Crippen LogP contribution is -2.23. The number of carbonyl (C=O) groups excluding carboxylic acids is 1. The van der Waals surface area contributed by atoms with Crippen LogP contribution < -0.4 is 15.6 Å². The summed E-state index contributed by atoms with van der Waals surface area (Å²) in [5.74, 6) is -1.17. The molecule has 1 atom stereocenters.